The number of aryl methyl sites for hydroxylation is 1. The second-order valence-electron chi connectivity index (χ2n) is 4.88. The van der Waals surface area contributed by atoms with Gasteiger partial charge in [-0.2, -0.15) is 0 Å². The molecule has 0 bridgehead atoms. The normalized spacial score (nSPS) is 11.6. The van der Waals surface area contributed by atoms with Crippen LogP contribution in [0.5, 0.6) is 0 Å². The molecule has 5 nitrogen and oxygen atoms in total. The van der Waals surface area contributed by atoms with Crippen molar-refractivity contribution in [2.24, 2.45) is 0 Å². The van der Waals surface area contributed by atoms with Crippen LogP contribution in [0.2, 0.25) is 0 Å². The van der Waals surface area contributed by atoms with E-state index in [1.165, 1.54) is 16.1 Å². The van der Waals surface area contributed by atoms with Gasteiger partial charge in [-0.05, 0) is 37.2 Å². The first-order valence-electron chi connectivity index (χ1n) is 6.88. The molecule has 2 N–H and O–H groups in total. The molecule has 0 atom stereocenters. The predicted molar refractivity (Wildman–Crippen MR) is 85.0 cm³/mol. The monoisotopic (exact) mass is 307 g/mol. The fourth-order valence-electron chi connectivity index (χ4n) is 2.10. The fraction of sp³-hybridized carbons (Fsp3) is 0.333. The van der Waals surface area contributed by atoms with Crippen molar-refractivity contribution in [3.05, 3.63) is 47.8 Å². The minimum absolute atomic E-state index is 0.273. The summed E-state index contributed by atoms with van der Waals surface area (Å²) in [5.41, 5.74) is 2.68. The molecule has 0 saturated carbocycles. The Balaban J connectivity index is 2.28. The highest BCUT2D eigenvalue weighted by Crippen LogP contribution is 2.23. The third-order valence-electron chi connectivity index (χ3n) is 3.45. The van der Waals surface area contributed by atoms with E-state index in [4.69, 9.17) is 0 Å². The second-order valence-corrected chi connectivity index (χ2v) is 6.85. The summed E-state index contributed by atoms with van der Waals surface area (Å²) < 4.78 is 26.5. The number of hydrogen-bond donors (Lipinski definition) is 2. The minimum Gasteiger partial charge on any atom is -0.363 e. The van der Waals surface area contributed by atoms with E-state index >= 15 is 0 Å². The molecule has 21 heavy (non-hydrogen) atoms. The zero-order valence-electron chi connectivity index (χ0n) is 12.6. The first-order valence-corrected chi connectivity index (χ1v) is 8.32. The SMILES string of the molecule is CCc1ccc(N(C)S(=O)(=O)c2c[nH]c(CNC)c2)cc1. The first kappa shape index (κ1) is 15.6. The predicted octanol–water partition coefficient (Wildman–Crippen LogP) is 2.12. The van der Waals surface area contributed by atoms with Crippen molar-refractivity contribution in [1.82, 2.24) is 10.3 Å². The minimum atomic E-state index is -3.53. The van der Waals surface area contributed by atoms with Gasteiger partial charge in [-0.15, -0.1) is 0 Å². The molecule has 0 aliphatic heterocycles. The van der Waals surface area contributed by atoms with Crippen molar-refractivity contribution in [2.75, 3.05) is 18.4 Å². The summed E-state index contributed by atoms with van der Waals surface area (Å²) in [7, 11) is -0.148. The maximum Gasteiger partial charge on any atom is 0.265 e. The Morgan fingerprint density at radius 1 is 1.24 bits per heavy atom. The Morgan fingerprint density at radius 2 is 1.90 bits per heavy atom. The van der Waals surface area contributed by atoms with Gasteiger partial charge in [0.15, 0.2) is 0 Å². The molecule has 0 spiro atoms. The Morgan fingerprint density at radius 3 is 2.48 bits per heavy atom. The third kappa shape index (κ3) is 3.28. The van der Waals surface area contributed by atoms with E-state index in [1.807, 2.05) is 31.3 Å². The summed E-state index contributed by atoms with van der Waals surface area (Å²) in [6.45, 7) is 2.67. The molecule has 1 heterocycles. The molecule has 0 amide bonds. The smallest absolute Gasteiger partial charge is 0.265 e. The number of anilines is 1. The van der Waals surface area contributed by atoms with Crippen LogP contribution >= 0.6 is 0 Å². The van der Waals surface area contributed by atoms with Gasteiger partial charge in [0, 0.05) is 25.5 Å². The number of benzene rings is 1. The number of aromatic amines is 1. The van der Waals surface area contributed by atoms with Crippen molar-refractivity contribution < 1.29 is 8.42 Å². The molecule has 0 aliphatic carbocycles. The van der Waals surface area contributed by atoms with Crippen LogP contribution in [-0.4, -0.2) is 27.5 Å². The van der Waals surface area contributed by atoms with E-state index in [0.29, 0.717) is 12.2 Å². The molecule has 6 heteroatoms. The average Bonchev–Trinajstić information content (AvgIpc) is 2.96. The number of H-pyrrole nitrogens is 1. The molecular weight excluding hydrogens is 286 g/mol. The zero-order valence-corrected chi connectivity index (χ0v) is 13.4. The summed E-state index contributed by atoms with van der Waals surface area (Å²) in [5, 5.41) is 2.98. The van der Waals surface area contributed by atoms with E-state index in [9.17, 15) is 8.42 Å². The van der Waals surface area contributed by atoms with Crippen molar-refractivity contribution in [3.63, 3.8) is 0 Å². The number of hydrogen-bond acceptors (Lipinski definition) is 3. The molecule has 0 unspecified atom stereocenters. The zero-order chi connectivity index (χ0) is 15.5. The molecule has 2 rings (SSSR count). The largest absolute Gasteiger partial charge is 0.363 e. The van der Waals surface area contributed by atoms with E-state index in [-0.39, 0.29) is 4.90 Å². The lowest BCUT2D eigenvalue weighted by atomic mass is 10.1. The van der Waals surface area contributed by atoms with Gasteiger partial charge in [0.1, 0.15) is 4.90 Å². The molecular formula is C15H21N3O2S. The van der Waals surface area contributed by atoms with Crippen molar-refractivity contribution in [2.45, 2.75) is 24.8 Å². The lowest BCUT2D eigenvalue weighted by molar-refractivity contribution is 0.594. The van der Waals surface area contributed by atoms with Gasteiger partial charge in [-0.1, -0.05) is 19.1 Å². The molecule has 114 valence electrons. The van der Waals surface area contributed by atoms with Crippen molar-refractivity contribution in [3.8, 4) is 0 Å². The van der Waals surface area contributed by atoms with E-state index < -0.39 is 10.0 Å². The quantitative estimate of drug-likeness (QED) is 0.859. The average molecular weight is 307 g/mol. The first-order chi connectivity index (χ1) is 9.98. The van der Waals surface area contributed by atoms with Gasteiger partial charge in [-0.25, -0.2) is 8.42 Å². The Hall–Kier alpha value is -1.79. The Kier molecular flexibility index (Phi) is 4.69. The van der Waals surface area contributed by atoms with E-state index in [2.05, 4.69) is 17.2 Å². The van der Waals surface area contributed by atoms with Crippen molar-refractivity contribution in [1.29, 1.82) is 0 Å². The van der Waals surface area contributed by atoms with Gasteiger partial charge in [0.25, 0.3) is 10.0 Å². The van der Waals surface area contributed by atoms with Crippen LogP contribution in [0.4, 0.5) is 5.69 Å². The van der Waals surface area contributed by atoms with Crippen LogP contribution in [0.1, 0.15) is 18.2 Å². The van der Waals surface area contributed by atoms with Gasteiger partial charge in [0.05, 0.1) is 5.69 Å². The highest BCUT2D eigenvalue weighted by Gasteiger charge is 2.22. The highest BCUT2D eigenvalue weighted by atomic mass is 32.2. The van der Waals surface area contributed by atoms with Gasteiger partial charge in [-0.3, -0.25) is 4.31 Å². The Labute approximate surface area is 126 Å². The van der Waals surface area contributed by atoms with Crippen LogP contribution in [0.15, 0.2) is 41.4 Å². The van der Waals surface area contributed by atoms with E-state index in [0.717, 1.165) is 12.1 Å². The van der Waals surface area contributed by atoms with Crippen LogP contribution in [0.3, 0.4) is 0 Å². The van der Waals surface area contributed by atoms with Crippen LogP contribution in [0, 0.1) is 0 Å². The lowest BCUT2D eigenvalue weighted by Gasteiger charge is -2.18. The molecule has 0 fully saturated rings. The van der Waals surface area contributed by atoms with E-state index in [1.54, 1.807) is 13.1 Å². The number of sulfonamides is 1. The molecule has 0 aliphatic rings. The molecule has 1 aromatic heterocycles. The molecule has 0 saturated heterocycles. The molecule has 1 aromatic carbocycles. The topological polar surface area (TPSA) is 65.2 Å². The number of nitrogens with one attached hydrogen (secondary N) is 2. The Bertz CT molecular complexity index is 690. The molecule has 0 radical (unpaired) electrons. The van der Waals surface area contributed by atoms with Gasteiger partial charge >= 0.3 is 0 Å². The summed E-state index contributed by atoms with van der Waals surface area (Å²) in [6, 6.07) is 9.22. The number of rotatable bonds is 6. The summed E-state index contributed by atoms with van der Waals surface area (Å²) in [6.07, 6.45) is 2.46. The van der Waals surface area contributed by atoms with Crippen LogP contribution in [0.25, 0.3) is 0 Å². The van der Waals surface area contributed by atoms with Crippen LogP contribution < -0.4 is 9.62 Å². The highest BCUT2D eigenvalue weighted by molar-refractivity contribution is 7.92. The summed E-state index contributed by atoms with van der Waals surface area (Å²) in [5.74, 6) is 0. The van der Waals surface area contributed by atoms with Gasteiger partial charge < -0.3 is 10.3 Å². The maximum absolute atomic E-state index is 12.6. The van der Waals surface area contributed by atoms with Crippen LogP contribution in [-0.2, 0) is 23.0 Å². The third-order valence-corrected chi connectivity index (χ3v) is 5.21. The van der Waals surface area contributed by atoms with Gasteiger partial charge in [0.2, 0.25) is 0 Å². The lowest BCUT2D eigenvalue weighted by Crippen LogP contribution is -2.26. The maximum atomic E-state index is 12.6. The standard InChI is InChI=1S/C15H21N3O2S/c1-4-12-5-7-14(8-6-12)18(3)21(19,20)15-9-13(10-16-2)17-11-15/h5-9,11,16-17H,4,10H2,1-3H3. The molecule has 2 aromatic rings. The second kappa shape index (κ2) is 6.32. The summed E-state index contributed by atoms with van der Waals surface area (Å²) >= 11 is 0. The van der Waals surface area contributed by atoms with Crippen molar-refractivity contribution >= 4 is 15.7 Å². The number of nitrogens with zero attached hydrogens (tertiary/aromatic N) is 1. The summed E-state index contributed by atoms with van der Waals surface area (Å²) in [4.78, 5) is 3.24. The fourth-order valence-corrected chi connectivity index (χ4v) is 3.31. The number of aromatic nitrogens is 1.